The van der Waals surface area contributed by atoms with Gasteiger partial charge in [-0.3, -0.25) is 0 Å². The number of nitriles is 1. The fourth-order valence-electron chi connectivity index (χ4n) is 2.24. The van der Waals surface area contributed by atoms with Gasteiger partial charge in [-0.05, 0) is 37.5 Å². The van der Waals surface area contributed by atoms with Crippen LogP contribution in [0.15, 0.2) is 23.1 Å². The van der Waals surface area contributed by atoms with Crippen molar-refractivity contribution < 1.29 is 0 Å². The lowest BCUT2D eigenvalue weighted by atomic mass is 9.84. The van der Waals surface area contributed by atoms with Crippen LogP contribution in [-0.4, -0.2) is 23.8 Å². The first-order chi connectivity index (χ1) is 8.74. The Morgan fingerprint density at radius 2 is 2.17 bits per heavy atom. The third-order valence-electron chi connectivity index (χ3n) is 3.66. The van der Waals surface area contributed by atoms with E-state index in [2.05, 4.69) is 17.6 Å². The minimum Gasteiger partial charge on any atom is -0.383 e. The van der Waals surface area contributed by atoms with Gasteiger partial charge in [0.25, 0.3) is 0 Å². The average Bonchev–Trinajstić information content (AvgIpc) is 2.37. The molecular formula is C14H18N2S2. The molecule has 0 aromatic heterocycles. The highest BCUT2D eigenvalue weighted by Gasteiger charge is 2.35. The molecule has 0 radical (unpaired) electrons. The van der Waals surface area contributed by atoms with Crippen molar-refractivity contribution in [3.8, 4) is 6.07 Å². The Bertz CT molecular complexity index is 456. The smallest absolute Gasteiger partial charge is 0.102 e. The fourth-order valence-corrected chi connectivity index (χ4v) is 3.73. The van der Waals surface area contributed by atoms with Crippen molar-refractivity contribution in [1.82, 2.24) is 0 Å². The molecule has 0 bridgehead atoms. The van der Waals surface area contributed by atoms with Gasteiger partial charge in [-0.1, -0.05) is 12.5 Å². The summed E-state index contributed by atoms with van der Waals surface area (Å²) < 4.78 is 0.391. The van der Waals surface area contributed by atoms with Crippen molar-refractivity contribution in [2.75, 3.05) is 24.4 Å². The molecule has 0 spiro atoms. The number of thioether (sulfide) groups is 2. The van der Waals surface area contributed by atoms with E-state index < -0.39 is 0 Å². The van der Waals surface area contributed by atoms with Crippen molar-refractivity contribution in [1.29, 1.82) is 5.26 Å². The van der Waals surface area contributed by atoms with Gasteiger partial charge in [0.15, 0.2) is 0 Å². The molecule has 1 aliphatic carbocycles. The molecule has 1 aromatic carbocycles. The SMILES string of the molecule is CSc1cccc(NCC2(SC)CCC2)c1C#N. The number of nitrogens with zero attached hydrogens (tertiary/aromatic N) is 1. The standard InChI is InChI=1S/C14H18N2S2/c1-17-13-6-3-5-12(11(13)9-15)16-10-14(18-2)7-4-8-14/h3,5-6,16H,4,7-8,10H2,1-2H3. The Labute approximate surface area is 118 Å². The number of benzene rings is 1. The Balaban J connectivity index is 2.12. The molecule has 1 N–H and O–H groups in total. The molecule has 2 nitrogen and oxygen atoms in total. The molecule has 1 aromatic rings. The lowest BCUT2D eigenvalue weighted by Gasteiger charge is -2.40. The molecule has 1 fully saturated rings. The van der Waals surface area contributed by atoms with Crippen molar-refractivity contribution in [3.05, 3.63) is 23.8 Å². The molecule has 18 heavy (non-hydrogen) atoms. The van der Waals surface area contributed by atoms with E-state index in [1.165, 1.54) is 19.3 Å². The third-order valence-corrected chi connectivity index (χ3v) is 5.86. The van der Waals surface area contributed by atoms with Gasteiger partial charge >= 0.3 is 0 Å². The van der Waals surface area contributed by atoms with Gasteiger partial charge in [-0.2, -0.15) is 17.0 Å². The van der Waals surface area contributed by atoms with Crippen LogP contribution in [0.5, 0.6) is 0 Å². The van der Waals surface area contributed by atoms with E-state index in [9.17, 15) is 5.26 Å². The minimum atomic E-state index is 0.391. The molecular weight excluding hydrogens is 260 g/mol. The monoisotopic (exact) mass is 278 g/mol. The van der Waals surface area contributed by atoms with E-state index in [-0.39, 0.29) is 0 Å². The number of rotatable bonds is 5. The summed E-state index contributed by atoms with van der Waals surface area (Å²) in [6.45, 7) is 0.959. The summed E-state index contributed by atoms with van der Waals surface area (Å²) >= 11 is 3.58. The van der Waals surface area contributed by atoms with Crippen molar-refractivity contribution >= 4 is 29.2 Å². The molecule has 96 valence electrons. The van der Waals surface area contributed by atoms with Crippen LogP contribution in [-0.2, 0) is 0 Å². The number of hydrogen-bond acceptors (Lipinski definition) is 4. The highest BCUT2D eigenvalue weighted by Crippen LogP contribution is 2.43. The fraction of sp³-hybridized carbons (Fsp3) is 0.500. The van der Waals surface area contributed by atoms with Crippen LogP contribution in [0.2, 0.25) is 0 Å². The molecule has 1 saturated carbocycles. The maximum Gasteiger partial charge on any atom is 0.102 e. The first-order valence-electron chi connectivity index (χ1n) is 6.11. The normalized spacial score (nSPS) is 16.7. The molecule has 0 saturated heterocycles. The van der Waals surface area contributed by atoms with Crippen LogP contribution in [0.25, 0.3) is 0 Å². The average molecular weight is 278 g/mol. The van der Waals surface area contributed by atoms with Crippen LogP contribution in [0.4, 0.5) is 5.69 Å². The summed E-state index contributed by atoms with van der Waals surface area (Å²) in [5, 5.41) is 12.8. The lowest BCUT2D eigenvalue weighted by Crippen LogP contribution is -2.40. The maximum atomic E-state index is 9.28. The van der Waals surface area contributed by atoms with Crippen LogP contribution < -0.4 is 5.32 Å². The molecule has 1 aliphatic rings. The van der Waals surface area contributed by atoms with Gasteiger partial charge in [0.1, 0.15) is 6.07 Å². The number of anilines is 1. The van der Waals surface area contributed by atoms with Crippen LogP contribution in [0, 0.1) is 11.3 Å². The number of nitrogens with one attached hydrogen (secondary N) is 1. The van der Waals surface area contributed by atoms with Gasteiger partial charge in [0.2, 0.25) is 0 Å². The quantitative estimate of drug-likeness (QED) is 0.827. The van der Waals surface area contributed by atoms with E-state index in [1.807, 2.05) is 36.2 Å². The zero-order valence-electron chi connectivity index (χ0n) is 10.8. The van der Waals surface area contributed by atoms with Gasteiger partial charge in [0.05, 0.1) is 11.3 Å². The predicted molar refractivity (Wildman–Crippen MR) is 81.5 cm³/mol. The van der Waals surface area contributed by atoms with Crippen molar-refractivity contribution in [2.24, 2.45) is 0 Å². The summed E-state index contributed by atoms with van der Waals surface area (Å²) in [6.07, 6.45) is 8.09. The summed E-state index contributed by atoms with van der Waals surface area (Å²) in [5.74, 6) is 0. The summed E-state index contributed by atoms with van der Waals surface area (Å²) in [7, 11) is 0. The van der Waals surface area contributed by atoms with E-state index in [0.717, 1.165) is 22.7 Å². The first-order valence-corrected chi connectivity index (χ1v) is 8.56. The summed E-state index contributed by atoms with van der Waals surface area (Å²) in [5.41, 5.74) is 1.75. The molecule has 0 amide bonds. The molecule has 0 heterocycles. The largest absolute Gasteiger partial charge is 0.383 e. The first kappa shape index (κ1) is 13.6. The predicted octanol–water partition coefficient (Wildman–Crippen LogP) is 3.98. The Hall–Kier alpha value is -0.790. The Morgan fingerprint density at radius 1 is 1.39 bits per heavy atom. The Morgan fingerprint density at radius 3 is 2.67 bits per heavy atom. The van der Waals surface area contributed by atoms with Gasteiger partial charge < -0.3 is 5.32 Å². The van der Waals surface area contributed by atoms with E-state index in [4.69, 9.17) is 0 Å². The van der Waals surface area contributed by atoms with Crippen LogP contribution in [0.1, 0.15) is 24.8 Å². The van der Waals surface area contributed by atoms with Crippen LogP contribution in [0.3, 0.4) is 0 Å². The van der Waals surface area contributed by atoms with Gasteiger partial charge in [0, 0.05) is 16.2 Å². The second kappa shape index (κ2) is 5.90. The molecule has 0 aliphatic heterocycles. The topological polar surface area (TPSA) is 35.8 Å². The zero-order chi connectivity index (χ0) is 13.0. The van der Waals surface area contributed by atoms with Gasteiger partial charge in [-0.25, -0.2) is 0 Å². The second-order valence-electron chi connectivity index (χ2n) is 4.59. The Kier molecular flexibility index (Phi) is 4.47. The highest BCUT2D eigenvalue weighted by molar-refractivity contribution is 8.00. The van der Waals surface area contributed by atoms with Crippen molar-refractivity contribution in [2.45, 2.75) is 28.9 Å². The molecule has 0 atom stereocenters. The minimum absolute atomic E-state index is 0.391. The van der Waals surface area contributed by atoms with Crippen LogP contribution >= 0.6 is 23.5 Å². The van der Waals surface area contributed by atoms with E-state index in [1.54, 1.807) is 11.8 Å². The highest BCUT2D eigenvalue weighted by atomic mass is 32.2. The molecule has 0 unspecified atom stereocenters. The summed E-state index contributed by atoms with van der Waals surface area (Å²) in [4.78, 5) is 1.05. The van der Waals surface area contributed by atoms with Gasteiger partial charge in [-0.15, -0.1) is 11.8 Å². The summed E-state index contributed by atoms with van der Waals surface area (Å²) in [6, 6.07) is 8.34. The number of hydrogen-bond donors (Lipinski definition) is 1. The van der Waals surface area contributed by atoms with E-state index in [0.29, 0.717) is 4.75 Å². The molecule has 4 heteroatoms. The van der Waals surface area contributed by atoms with Crippen molar-refractivity contribution in [3.63, 3.8) is 0 Å². The second-order valence-corrected chi connectivity index (χ2v) is 6.71. The molecule has 2 rings (SSSR count). The third kappa shape index (κ3) is 2.62. The lowest BCUT2D eigenvalue weighted by molar-refractivity contribution is 0.380. The maximum absolute atomic E-state index is 9.28. The van der Waals surface area contributed by atoms with E-state index >= 15 is 0 Å². The zero-order valence-corrected chi connectivity index (χ0v) is 12.5.